The van der Waals surface area contributed by atoms with E-state index in [2.05, 4.69) is 10.1 Å². The molecule has 0 spiro atoms. The Morgan fingerprint density at radius 3 is 2.85 bits per heavy atom. The van der Waals surface area contributed by atoms with Gasteiger partial charge in [-0.3, -0.25) is 19.7 Å². The number of pyridine rings is 1. The van der Waals surface area contributed by atoms with Crippen LogP contribution in [0.3, 0.4) is 0 Å². The van der Waals surface area contributed by atoms with Gasteiger partial charge in [0.2, 0.25) is 6.20 Å². The SMILES string of the molecule is Cn1ncc(-c2ccc3c(c2)C(CN)=NCC3=O)c1-c1cccc[n+]1O. The average Bonchev–Trinajstić information content (AvgIpc) is 3.03. The topological polar surface area (TPSA) is 97.4 Å². The number of benzene rings is 1. The van der Waals surface area contributed by atoms with Crippen LogP contribution in [0, 0.1) is 0 Å². The molecule has 0 amide bonds. The van der Waals surface area contributed by atoms with Crippen molar-refractivity contribution in [3.8, 4) is 22.5 Å². The molecule has 3 aromatic rings. The first-order chi connectivity index (χ1) is 12.6. The fourth-order valence-electron chi connectivity index (χ4n) is 3.28. The third-order valence-corrected chi connectivity index (χ3v) is 4.57. The first kappa shape index (κ1) is 16.2. The number of carbonyl (C=O) groups is 1. The monoisotopic (exact) mass is 348 g/mol. The number of rotatable bonds is 3. The molecule has 0 unspecified atom stereocenters. The number of nitrogens with zero attached hydrogens (tertiary/aromatic N) is 4. The van der Waals surface area contributed by atoms with Crippen LogP contribution in [0.15, 0.2) is 53.8 Å². The number of aromatic nitrogens is 3. The van der Waals surface area contributed by atoms with Gasteiger partial charge in [-0.25, -0.2) is 0 Å². The summed E-state index contributed by atoms with van der Waals surface area (Å²) in [5.41, 5.74) is 11.0. The fourth-order valence-corrected chi connectivity index (χ4v) is 3.28. The maximum Gasteiger partial charge on any atom is 0.282 e. The van der Waals surface area contributed by atoms with Gasteiger partial charge < -0.3 is 5.73 Å². The quantitative estimate of drug-likeness (QED) is 0.549. The number of nitrogens with two attached hydrogens (primary N) is 1. The predicted molar refractivity (Wildman–Crippen MR) is 96.2 cm³/mol. The molecule has 1 aliphatic rings. The Morgan fingerprint density at radius 2 is 2.08 bits per heavy atom. The van der Waals surface area contributed by atoms with Crippen molar-refractivity contribution in [1.29, 1.82) is 0 Å². The fraction of sp³-hybridized carbons (Fsp3) is 0.158. The number of Topliss-reactive ketones (excluding diaryl/α,β-unsaturated/α-hetero) is 1. The lowest BCUT2D eigenvalue weighted by atomic mass is 9.92. The van der Waals surface area contributed by atoms with E-state index >= 15 is 0 Å². The van der Waals surface area contributed by atoms with Gasteiger partial charge in [-0.2, -0.15) is 5.10 Å². The molecule has 0 aliphatic carbocycles. The largest absolute Gasteiger partial charge is 0.325 e. The van der Waals surface area contributed by atoms with Gasteiger partial charge in [0, 0.05) is 47.1 Å². The number of hydrogen-bond acceptors (Lipinski definition) is 5. The summed E-state index contributed by atoms with van der Waals surface area (Å²) in [6.45, 7) is 0.421. The van der Waals surface area contributed by atoms with E-state index in [1.807, 2.05) is 37.4 Å². The van der Waals surface area contributed by atoms with Gasteiger partial charge in [0.15, 0.2) is 5.78 Å². The van der Waals surface area contributed by atoms with E-state index in [0.29, 0.717) is 11.3 Å². The van der Waals surface area contributed by atoms with Crippen LogP contribution in [0.25, 0.3) is 22.5 Å². The third-order valence-electron chi connectivity index (χ3n) is 4.57. The number of aryl methyl sites for hydroxylation is 1. The van der Waals surface area contributed by atoms with Crippen molar-refractivity contribution in [3.05, 3.63) is 59.9 Å². The Morgan fingerprint density at radius 1 is 1.23 bits per heavy atom. The molecule has 0 saturated heterocycles. The van der Waals surface area contributed by atoms with Crippen LogP contribution >= 0.6 is 0 Å². The summed E-state index contributed by atoms with van der Waals surface area (Å²) < 4.78 is 2.77. The molecule has 0 saturated carbocycles. The molecular weight excluding hydrogens is 330 g/mol. The Balaban J connectivity index is 1.90. The van der Waals surface area contributed by atoms with Crippen LogP contribution in [0.2, 0.25) is 0 Å². The van der Waals surface area contributed by atoms with Crippen molar-refractivity contribution in [2.24, 2.45) is 17.8 Å². The summed E-state index contributed by atoms with van der Waals surface area (Å²) in [5, 5.41) is 14.5. The van der Waals surface area contributed by atoms with Crippen molar-refractivity contribution >= 4 is 11.5 Å². The lowest BCUT2D eigenvalue weighted by molar-refractivity contribution is -0.896. The van der Waals surface area contributed by atoms with Crippen LogP contribution in [-0.2, 0) is 7.05 Å². The molecule has 0 atom stereocenters. The van der Waals surface area contributed by atoms with Crippen LogP contribution in [0.1, 0.15) is 15.9 Å². The van der Waals surface area contributed by atoms with Gasteiger partial charge >= 0.3 is 0 Å². The van der Waals surface area contributed by atoms with Crippen molar-refractivity contribution in [2.45, 2.75) is 0 Å². The van der Waals surface area contributed by atoms with Crippen LogP contribution in [0.4, 0.5) is 0 Å². The standard InChI is InChI=1S/C19H18N5O2/c1-23-19(17-4-2-3-7-24(17)26)15(10-22-23)12-5-6-13-14(8-12)16(9-20)21-11-18(13)25/h2-8,10,26H,9,11,20H2,1H3/q+1. The molecule has 0 fully saturated rings. The highest BCUT2D eigenvalue weighted by atomic mass is 16.5. The number of hydrogen-bond donors (Lipinski definition) is 2. The van der Waals surface area contributed by atoms with Crippen molar-refractivity contribution in [3.63, 3.8) is 0 Å². The van der Waals surface area contributed by atoms with Gasteiger partial charge in [-0.1, -0.05) is 12.1 Å². The number of fused-ring (bicyclic) bond motifs is 1. The first-order valence-corrected chi connectivity index (χ1v) is 8.24. The zero-order chi connectivity index (χ0) is 18.3. The number of aliphatic imine (C=N–C) groups is 1. The minimum Gasteiger partial charge on any atom is -0.325 e. The molecule has 3 heterocycles. The van der Waals surface area contributed by atoms with E-state index in [0.717, 1.165) is 32.8 Å². The minimum atomic E-state index is -0.00794. The van der Waals surface area contributed by atoms with Crippen molar-refractivity contribution in [1.82, 2.24) is 9.78 Å². The predicted octanol–water partition coefficient (Wildman–Crippen LogP) is 1.22. The molecule has 7 nitrogen and oxygen atoms in total. The summed E-state index contributed by atoms with van der Waals surface area (Å²) in [4.78, 5) is 16.4. The van der Waals surface area contributed by atoms with E-state index in [4.69, 9.17) is 5.73 Å². The van der Waals surface area contributed by atoms with E-state index in [1.165, 1.54) is 0 Å². The Kier molecular flexibility index (Phi) is 3.85. The van der Waals surface area contributed by atoms with Gasteiger partial charge in [0.25, 0.3) is 5.69 Å². The first-order valence-electron chi connectivity index (χ1n) is 8.24. The zero-order valence-corrected chi connectivity index (χ0v) is 14.3. The Labute approximate surface area is 150 Å². The maximum absolute atomic E-state index is 12.1. The van der Waals surface area contributed by atoms with Crippen molar-refractivity contribution in [2.75, 3.05) is 13.1 Å². The highest BCUT2D eigenvalue weighted by molar-refractivity contribution is 6.16. The van der Waals surface area contributed by atoms with E-state index in [1.54, 1.807) is 23.1 Å². The second kappa shape index (κ2) is 6.20. The Hall–Kier alpha value is -3.32. The maximum atomic E-state index is 12.1. The number of carbonyl (C=O) groups excluding carboxylic acids is 1. The normalized spacial score (nSPS) is 13.5. The van der Waals surface area contributed by atoms with Crippen molar-refractivity contribution < 1.29 is 14.7 Å². The molecule has 2 aromatic heterocycles. The lowest BCUT2D eigenvalue weighted by Gasteiger charge is -2.16. The molecule has 3 N–H and O–H groups in total. The summed E-state index contributed by atoms with van der Waals surface area (Å²) in [5.74, 6) is -0.00794. The lowest BCUT2D eigenvalue weighted by Crippen LogP contribution is -2.32. The summed E-state index contributed by atoms with van der Waals surface area (Å²) in [7, 11) is 1.82. The molecule has 1 aliphatic heterocycles. The molecule has 0 bridgehead atoms. The van der Waals surface area contributed by atoms with Gasteiger partial charge in [0.1, 0.15) is 12.2 Å². The zero-order valence-electron chi connectivity index (χ0n) is 14.3. The third kappa shape index (κ3) is 2.49. The van der Waals surface area contributed by atoms with E-state index in [-0.39, 0.29) is 18.9 Å². The summed E-state index contributed by atoms with van der Waals surface area (Å²) >= 11 is 0. The van der Waals surface area contributed by atoms with E-state index in [9.17, 15) is 10.0 Å². The Bertz CT molecular complexity index is 1050. The van der Waals surface area contributed by atoms with Gasteiger partial charge in [-0.05, 0) is 17.7 Å². The van der Waals surface area contributed by atoms with Crippen LogP contribution < -0.4 is 10.5 Å². The molecule has 0 radical (unpaired) electrons. The highest BCUT2D eigenvalue weighted by Crippen LogP contribution is 2.32. The molecule has 1 aromatic carbocycles. The van der Waals surface area contributed by atoms with Gasteiger partial charge in [0.05, 0.1) is 11.9 Å². The molecule has 130 valence electrons. The smallest absolute Gasteiger partial charge is 0.282 e. The summed E-state index contributed by atoms with van der Waals surface area (Å²) in [6, 6.07) is 11.0. The average molecular weight is 348 g/mol. The molecular formula is C19H18N5O2+. The molecule has 26 heavy (non-hydrogen) atoms. The summed E-state index contributed by atoms with van der Waals surface area (Å²) in [6.07, 6.45) is 3.31. The van der Waals surface area contributed by atoms with E-state index < -0.39 is 0 Å². The van der Waals surface area contributed by atoms with Crippen LogP contribution in [-0.4, -0.2) is 39.6 Å². The van der Waals surface area contributed by atoms with Gasteiger partial charge in [-0.15, -0.1) is 0 Å². The molecule has 7 heteroatoms. The highest BCUT2D eigenvalue weighted by Gasteiger charge is 2.24. The van der Waals surface area contributed by atoms with Crippen LogP contribution in [0.5, 0.6) is 0 Å². The second-order valence-electron chi connectivity index (χ2n) is 6.11. The minimum absolute atomic E-state index is 0.00794. The second-order valence-corrected chi connectivity index (χ2v) is 6.11. The number of ketones is 1. The molecule has 4 rings (SSSR count).